The topological polar surface area (TPSA) is 57.7 Å². The van der Waals surface area contributed by atoms with E-state index in [0.717, 1.165) is 0 Å². The molecule has 0 aromatic rings. The van der Waals surface area contributed by atoms with Crippen molar-refractivity contribution in [2.24, 2.45) is 5.41 Å². The van der Waals surface area contributed by atoms with Crippen molar-refractivity contribution < 1.29 is 14.4 Å². The van der Waals surface area contributed by atoms with Gasteiger partial charge in [0.2, 0.25) is 11.8 Å². The Hall–Kier alpha value is -1.39. The van der Waals surface area contributed by atoms with Crippen LogP contribution in [0.1, 0.15) is 53.4 Å². The average Bonchev–Trinajstić information content (AvgIpc) is 2.41. The van der Waals surface area contributed by atoms with Gasteiger partial charge in [0.05, 0.1) is 0 Å². The zero-order valence-electron chi connectivity index (χ0n) is 12.4. The molecule has 1 saturated heterocycles. The molecular formula is C14H24N2O3. The smallest absolute Gasteiger partial charge is 0.273 e. The molecule has 0 aromatic carbocycles. The first-order valence-corrected chi connectivity index (χ1v) is 7.17. The van der Waals surface area contributed by atoms with E-state index in [2.05, 4.69) is 0 Å². The summed E-state index contributed by atoms with van der Waals surface area (Å²) in [5.74, 6) is -0.636. The zero-order valence-corrected chi connectivity index (χ0v) is 12.4. The summed E-state index contributed by atoms with van der Waals surface area (Å²) in [6.07, 6.45) is 2.29. The van der Waals surface area contributed by atoms with Gasteiger partial charge in [0, 0.05) is 13.1 Å². The summed E-state index contributed by atoms with van der Waals surface area (Å²) < 4.78 is 0. The Bertz CT molecular complexity index is 345. The van der Waals surface area contributed by atoms with Crippen molar-refractivity contribution in [3.05, 3.63) is 0 Å². The van der Waals surface area contributed by atoms with E-state index in [-0.39, 0.29) is 11.8 Å². The molecule has 0 unspecified atom stereocenters. The molecule has 0 radical (unpaired) electrons. The number of carbonyl (C=O) groups excluding carboxylic acids is 3. The molecule has 1 aliphatic rings. The zero-order chi connectivity index (χ0) is 14.6. The lowest BCUT2D eigenvalue weighted by atomic mass is 9.78. The van der Waals surface area contributed by atoms with Crippen LogP contribution in [0.25, 0.3) is 0 Å². The van der Waals surface area contributed by atoms with Gasteiger partial charge >= 0.3 is 6.03 Å². The summed E-state index contributed by atoms with van der Waals surface area (Å²) in [5, 5.41) is 0. The molecule has 0 aliphatic carbocycles. The van der Waals surface area contributed by atoms with E-state index in [0.29, 0.717) is 38.8 Å². The molecule has 0 aromatic heterocycles. The summed E-state index contributed by atoms with van der Waals surface area (Å²) in [6.45, 7) is 8.27. The van der Waals surface area contributed by atoms with Crippen LogP contribution in [0.4, 0.5) is 4.79 Å². The predicted molar refractivity (Wildman–Crippen MR) is 72.4 cm³/mol. The maximum Gasteiger partial charge on any atom is 0.333 e. The molecule has 108 valence electrons. The molecule has 1 rings (SSSR count). The molecule has 1 heterocycles. The minimum Gasteiger partial charge on any atom is -0.273 e. The van der Waals surface area contributed by atoms with Crippen molar-refractivity contribution >= 4 is 17.8 Å². The van der Waals surface area contributed by atoms with Gasteiger partial charge in [-0.2, -0.15) is 0 Å². The van der Waals surface area contributed by atoms with Crippen LogP contribution in [0, 0.1) is 5.41 Å². The van der Waals surface area contributed by atoms with Gasteiger partial charge in [0.1, 0.15) is 5.41 Å². The minimum absolute atomic E-state index is 0.318. The number of carbonyl (C=O) groups is 3. The summed E-state index contributed by atoms with van der Waals surface area (Å²) >= 11 is 0. The first-order chi connectivity index (χ1) is 8.99. The molecular weight excluding hydrogens is 244 g/mol. The minimum atomic E-state index is -1.04. The van der Waals surface area contributed by atoms with Crippen LogP contribution < -0.4 is 0 Å². The fourth-order valence-electron chi connectivity index (χ4n) is 2.62. The van der Waals surface area contributed by atoms with Crippen LogP contribution in [0.3, 0.4) is 0 Å². The number of urea groups is 1. The van der Waals surface area contributed by atoms with Gasteiger partial charge in [-0.05, 0) is 25.7 Å². The van der Waals surface area contributed by atoms with Gasteiger partial charge in [0.25, 0.3) is 0 Å². The Kier molecular flexibility index (Phi) is 5.09. The molecule has 0 saturated carbocycles. The molecule has 0 spiro atoms. The molecule has 1 fully saturated rings. The van der Waals surface area contributed by atoms with Crippen molar-refractivity contribution in [2.45, 2.75) is 53.4 Å². The summed E-state index contributed by atoms with van der Waals surface area (Å²) in [4.78, 5) is 39.8. The lowest BCUT2D eigenvalue weighted by Crippen LogP contribution is -2.65. The fraction of sp³-hybridized carbons (Fsp3) is 0.786. The molecule has 0 atom stereocenters. The standard InChI is InChI=1S/C14H24N2O3/c1-5-9-15-11(17)14(7-3,8-4)12(18)16(10-6-2)13(15)19/h5-10H2,1-4H3. The van der Waals surface area contributed by atoms with Crippen LogP contribution in [0.15, 0.2) is 0 Å². The third-order valence-corrected chi connectivity index (χ3v) is 3.87. The van der Waals surface area contributed by atoms with E-state index in [1.54, 1.807) is 0 Å². The molecule has 5 nitrogen and oxygen atoms in total. The van der Waals surface area contributed by atoms with E-state index >= 15 is 0 Å². The second-order valence-electron chi connectivity index (χ2n) is 4.99. The second-order valence-corrected chi connectivity index (χ2v) is 4.99. The van der Waals surface area contributed by atoms with Crippen LogP contribution >= 0.6 is 0 Å². The highest BCUT2D eigenvalue weighted by Gasteiger charge is 2.54. The first-order valence-electron chi connectivity index (χ1n) is 7.17. The maximum absolute atomic E-state index is 12.5. The molecule has 4 amide bonds. The molecule has 19 heavy (non-hydrogen) atoms. The Labute approximate surface area is 114 Å². The van der Waals surface area contributed by atoms with E-state index in [4.69, 9.17) is 0 Å². The number of rotatable bonds is 6. The fourth-order valence-corrected chi connectivity index (χ4v) is 2.62. The van der Waals surface area contributed by atoms with Gasteiger partial charge in [-0.15, -0.1) is 0 Å². The summed E-state index contributed by atoms with van der Waals surface area (Å²) in [7, 11) is 0. The monoisotopic (exact) mass is 268 g/mol. The van der Waals surface area contributed by atoms with Crippen LogP contribution in [0.5, 0.6) is 0 Å². The van der Waals surface area contributed by atoms with Crippen molar-refractivity contribution in [3.63, 3.8) is 0 Å². The Morgan fingerprint density at radius 2 is 1.16 bits per heavy atom. The maximum atomic E-state index is 12.5. The number of barbiturate groups is 1. The van der Waals surface area contributed by atoms with Crippen molar-refractivity contribution in [2.75, 3.05) is 13.1 Å². The molecule has 0 N–H and O–H groups in total. The number of nitrogens with zero attached hydrogens (tertiary/aromatic N) is 2. The highest BCUT2D eigenvalue weighted by atomic mass is 16.2. The highest BCUT2D eigenvalue weighted by molar-refractivity contribution is 6.19. The Morgan fingerprint density at radius 1 is 0.789 bits per heavy atom. The largest absolute Gasteiger partial charge is 0.333 e. The average molecular weight is 268 g/mol. The molecule has 0 bridgehead atoms. The van der Waals surface area contributed by atoms with Crippen molar-refractivity contribution in [1.82, 2.24) is 9.80 Å². The quantitative estimate of drug-likeness (QED) is 0.695. The lowest BCUT2D eigenvalue weighted by Gasteiger charge is -2.43. The number of hydrogen-bond donors (Lipinski definition) is 0. The predicted octanol–water partition coefficient (Wildman–Crippen LogP) is 2.40. The summed E-state index contributed by atoms with van der Waals surface area (Å²) in [5.41, 5.74) is -1.04. The number of imide groups is 2. The molecule has 5 heteroatoms. The van der Waals surface area contributed by atoms with Crippen LogP contribution in [0.2, 0.25) is 0 Å². The normalized spacial score (nSPS) is 19.3. The van der Waals surface area contributed by atoms with Crippen molar-refractivity contribution in [3.8, 4) is 0 Å². The van der Waals surface area contributed by atoms with Crippen LogP contribution in [-0.4, -0.2) is 40.7 Å². The van der Waals surface area contributed by atoms with E-state index in [9.17, 15) is 14.4 Å². The van der Waals surface area contributed by atoms with Gasteiger partial charge in [-0.1, -0.05) is 27.7 Å². The van der Waals surface area contributed by atoms with Crippen molar-refractivity contribution in [1.29, 1.82) is 0 Å². The first kappa shape index (κ1) is 15.7. The lowest BCUT2D eigenvalue weighted by molar-refractivity contribution is -0.159. The number of amides is 4. The molecule has 1 aliphatic heterocycles. The third-order valence-electron chi connectivity index (χ3n) is 3.87. The van der Waals surface area contributed by atoms with Crippen LogP contribution in [-0.2, 0) is 9.59 Å². The second kappa shape index (κ2) is 6.17. The van der Waals surface area contributed by atoms with E-state index < -0.39 is 11.4 Å². The van der Waals surface area contributed by atoms with Gasteiger partial charge in [0.15, 0.2) is 0 Å². The van der Waals surface area contributed by atoms with Gasteiger partial charge in [-0.3, -0.25) is 19.4 Å². The SMILES string of the molecule is CCCN1C(=O)N(CCC)C(=O)C(CC)(CC)C1=O. The van der Waals surface area contributed by atoms with Gasteiger partial charge < -0.3 is 0 Å². The highest BCUT2D eigenvalue weighted by Crippen LogP contribution is 2.36. The number of hydrogen-bond acceptors (Lipinski definition) is 3. The Morgan fingerprint density at radius 3 is 1.42 bits per heavy atom. The van der Waals surface area contributed by atoms with Gasteiger partial charge in [-0.25, -0.2) is 4.79 Å². The summed E-state index contributed by atoms with van der Waals surface area (Å²) in [6, 6.07) is -0.448. The van der Waals surface area contributed by atoms with E-state index in [1.165, 1.54) is 9.80 Å². The van der Waals surface area contributed by atoms with E-state index in [1.807, 2.05) is 27.7 Å². The third kappa shape index (κ3) is 2.38. The Balaban J connectivity index is 3.23.